The number of carbonyl (C=O) groups is 1. The summed E-state index contributed by atoms with van der Waals surface area (Å²) in [4.78, 5) is 16.5. The molecule has 1 aliphatic heterocycles. The highest BCUT2D eigenvalue weighted by Gasteiger charge is 2.35. The Morgan fingerprint density at radius 1 is 1.19 bits per heavy atom. The van der Waals surface area contributed by atoms with Gasteiger partial charge in [-0.25, -0.2) is 12.8 Å². The quantitative estimate of drug-likeness (QED) is 0.394. The molecule has 1 aromatic heterocycles. The summed E-state index contributed by atoms with van der Waals surface area (Å²) in [5.74, 6) is -0.365. The molecule has 0 fully saturated rings. The first-order valence-corrected chi connectivity index (χ1v) is 13.9. The first-order valence-electron chi connectivity index (χ1n) is 11.6. The zero-order valence-electron chi connectivity index (χ0n) is 20.2. The van der Waals surface area contributed by atoms with Gasteiger partial charge in [0.05, 0.1) is 24.1 Å². The minimum absolute atomic E-state index is 0.0421. The van der Waals surface area contributed by atoms with Crippen molar-refractivity contribution in [2.45, 2.75) is 24.3 Å². The Bertz CT molecular complexity index is 1290. The highest BCUT2D eigenvalue weighted by atomic mass is 32.2. The van der Waals surface area contributed by atoms with Gasteiger partial charge in [-0.1, -0.05) is 23.8 Å². The van der Waals surface area contributed by atoms with E-state index in [2.05, 4.69) is 0 Å². The normalized spacial score (nSPS) is 15.7. The molecule has 3 aromatic rings. The molecule has 1 aliphatic rings. The van der Waals surface area contributed by atoms with E-state index in [-0.39, 0.29) is 37.1 Å². The Morgan fingerprint density at radius 3 is 2.69 bits per heavy atom. The molecular weight excluding hydrogens is 503 g/mol. The van der Waals surface area contributed by atoms with Crippen LogP contribution in [0.25, 0.3) is 0 Å². The van der Waals surface area contributed by atoms with E-state index < -0.39 is 21.9 Å². The predicted octanol–water partition coefficient (Wildman–Crippen LogP) is 4.04. The lowest BCUT2D eigenvalue weighted by Gasteiger charge is -2.37. The van der Waals surface area contributed by atoms with E-state index in [1.165, 1.54) is 19.2 Å². The molecule has 7 nitrogen and oxygen atoms in total. The fourth-order valence-corrected chi connectivity index (χ4v) is 6.49. The fraction of sp³-hybridized carbons (Fsp3) is 0.346. The molecule has 192 valence electrons. The maximum atomic E-state index is 13.6. The SMILES string of the molecule is COCCN(CC(=O)N1CCc2sccc2C1COc1cccc(F)c1)S(=O)(=O)c1ccc(C)cc1. The first-order chi connectivity index (χ1) is 17.3. The van der Waals surface area contributed by atoms with Crippen LogP contribution in [0.4, 0.5) is 4.39 Å². The average molecular weight is 533 g/mol. The zero-order chi connectivity index (χ0) is 25.7. The van der Waals surface area contributed by atoms with Gasteiger partial charge in [0.1, 0.15) is 18.2 Å². The summed E-state index contributed by atoms with van der Waals surface area (Å²) in [6.07, 6.45) is 0.679. The molecule has 0 saturated carbocycles. The summed E-state index contributed by atoms with van der Waals surface area (Å²) in [6.45, 7) is 2.31. The van der Waals surface area contributed by atoms with Crippen molar-refractivity contribution >= 4 is 27.3 Å². The number of sulfonamides is 1. The van der Waals surface area contributed by atoms with Crippen molar-refractivity contribution in [1.82, 2.24) is 9.21 Å². The van der Waals surface area contributed by atoms with E-state index in [0.717, 1.165) is 20.3 Å². The molecule has 0 bridgehead atoms. The third kappa shape index (κ3) is 5.95. The number of hydrogen-bond acceptors (Lipinski definition) is 6. The highest BCUT2D eigenvalue weighted by molar-refractivity contribution is 7.89. The second-order valence-electron chi connectivity index (χ2n) is 8.56. The van der Waals surface area contributed by atoms with Crippen LogP contribution in [0.1, 0.15) is 22.0 Å². The molecule has 0 N–H and O–H groups in total. The van der Waals surface area contributed by atoms with Gasteiger partial charge >= 0.3 is 0 Å². The van der Waals surface area contributed by atoms with Gasteiger partial charge in [0.15, 0.2) is 0 Å². The van der Waals surface area contributed by atoms with Crippen molar-refractivity contribution < 1.29 is 27.1 Å². The molecule has 0 spiro atoms. The number of nitrogens with zero attached hydrogens (tertiary/aromatic N) is 2. The Kier molecular flexibility index (Phi) is 8.40. The van der Waals surface area contributed by atoms with E-state index in [9.17, 15) is 17.6 Å². The van der Waals surface area contributed by atoms with E-state index in [1.54, 1.807) is 52.6 Å². The predicted molar refractivity (Wildman–Crippen MR) is 136 cm³/mol. The molecule has 4 rings (SSSR count). The van der Waals surface area contributed by atoms with Gasteiger partial charge in [-0.05, 0) is 54.6 Å². The Morgan fingerprint density at radius 2 is 1.97 bits per heavy atom. The van der Waals surface area contributed by atoms with Crippen LogP contribution in [0.15, 0.2) is 64.9 Å². The van der Waals surface area contributed by atoms with Crippen LogP contribution < -0.4 is 4.74 Å². The third-order valence-electron chi connectivity index (χ3n) is 6.13. The number of thiophene rings is 1. The summed E-state index contributed by atoms with van der Waals surface area (Å²) in [5.41, 5.74) is 1.91. The van der Waals surface area contributed by atoms with Gasteiger partial charge in [-0.3, -0.25) is 4.79 Å². The maximum Gasteiger partial charge on any atom is 0.243 e. The van der Waals surface area contributed by atoms with E-state index in [1.807, 2.05) is 18.4 Å². The Balaban J connectivity index is 1.56. The Labute approximate surface area is 215 Å². The molecule has 1 amide bonds. The Hall–Kier alpha value is -2.79. The molecule has 2 heterocycles. The second kappa shape index (κ2) is 11.5. The van der Waals surface area contributed by atoms with Gasteiger partial charge in [0.25, 0.3) is 0 Å². The number of benzene rings is 2. The second-order valence-corrected chi connectivity index (χ2v) is 11.5. The smallest absolute Gasteiger partial charge is 0.243 e. The van der Waals surface area contributed by atoms with Gasteiger partial charge < -0.3 is 14.4 Å². The third-order valence-corrected chi connectivity index (χ3v) is 8.99. The van der Waals surface area contributed by atoms with Crippen LogP contribution in [-0.4, -0.2) is 63.5 Å². The van der Waals surface area contributed by atoms with E-state index >= 15 is 0 Å². The average Bonchev–Trinajstić information content (AvgIpc) is 3.34. The molecule has 10 heteroatoms. The van der Waals surface area contributed by atoms with Crippen molar-refractivity contribution in [3.05, 3.63) is 81.8 Å². The molecule has 0 aliphatic carbocycles. The summed E-state index contributed by atoms with van der Waals surface area (Å²) < 4.78 is 52.6. The lowest BCUT2D eigenvalue weighted by molar-refractivity contribution is -0.135. The van der Waals surface area contributed by atoms with Gasteiger partial charge in [0.2, 0.25) is 15.9 Å². The minimum Gasteiger partial charge on any atom is -0.491 e. The number of fused-ring (bicyclic) bond motifs is 1. The van der Waals surface area contributed by atoms with Gasteiger partial charge in [0, 0.05) is 31.1 Å². The summed E-state index contributed by atoms with van der Waals surface area (Å²) in [6, 6.07) is 13.9. The number of methoxy groups -OCH3 is 1. The number of ether oxygens (including phenoxy) is 2. The van der Waals surface area contributed by atoms with Crippen molar-refractivity contribution in [3.8, 4) is 5.75 Å². The van der Waals surface area contributed by atoms with Crippen LogP contribution in [0.5, 0.6) is 5.75 Å². The minimum atomic E-state index is -3.92. The number of rotatable bonds is 10. The lowest BCUT2D eigenvalue weighted by atomic mass is 10.0. The molecular formula is C26H29FN2O5S2. The molecule has 0 radical (unpaired) electrons. The van der Waals surface area contributed by atoms with E-state index in [0.29, 0.717) is 18.7 Å². The van der Waals surface area contributed by atoms with Gasteiger partial charge in [-0.2, -0.15) is 4.31 Å². The van der Waals surface area contributed by atoms with Gasteiger partial charge in [-0.15, -0.1) is 11.3 Å². The van der Waals surface area contributed by atoms with E-state index in [4.69, 9.17) is 9.47 Å². The largest absolute Gasteiger partial charge is 0.491 e. The number of carbonyl (C=O) groups excluding carboxylic acids is 1. The monoisotopic (exact) mass is 532 g/mol. The summed E-state index contributed by atoms with van der Waals surface area (Å²) >= 11 is 1.62. The molecule has 1 unspecified atom stereocenters. The highest BCUT2D eigenvalue weighted by Crippen LogP contribution is 2.34. The standard InChI is InChI=1S/C26H29FN2O5S2/c1-19-6-8-22(9-7-19)36(31,32)28(13-14-33-2)17-26(30)29-12-10-25-23(11-15-35-25)24(29)18-34-21-5-3-4-20(27)16-21/h3-9,11,15-16,24H,10,12-14,17-18H2,1-2H3. The van der Waals surface area contributed by atoms with Crippen molar-refractivity contribution in [1.29, 1.82) is 0 Å². The molecule has 2 aromatic carbocycles. The van der Waals surface area contributed by atoms with Crippen LogP contribution in [-0.2, 0) is 26.0 Å². The maximum absolute atomic E-state index is 13.6. The van der Waals surface area contributed by atoms with Crippen LogP contribution >= 0.6 is 11.3 Å². The topological polar surface area (TPSA) is 76.2 Å². The van der Waals surface area contributed by atoms with Crippen LogP contribution in [0.2, 0.25) is 0 Å². The van der Waals surface area contributed by atoms with Crippen LogP contribution in [0, 0.1) is 12.7 Å². The summed E-state index contributed by atoms with van der Waals surface area (Å²) in [7, 11) is -2.43. The summed E-state index contributed by atoms with van der Waals surface area (Å²) in [5, 5.41) is 1.97. The van der Waals surface area contributed by atoms with Crippen LogP contribution in [0.3, 0.4) is 0 Å². The number of amides is 1. The number of halogens is 1. The molecule has 36 heavy (non-hydrogen) atoms. The fourth-order valence-electron chi connectivity index (χ4n) is 4.18. The van der Waals surface area contributed by atoms with Crippen molar-refractivity contribution in [3.63, 3.8) is 0 Å². The number of hydrogen-bond donors (Lipinski definition) is 0. The van der Waals surface area contributed by atoms with Crippen molar-refractivity contribution in [2.75, 3.05) is 40.0 Å². The first kappa shape index (κ1) is 26.3. The van der Waals surface area contributed by atoms with Crippen molar-refractivity contribution in [2.24, 2.45) is 0 Å². The lowest BCUT2D eigenvalue weighted by Crippen LogP contribution is -2.48. The number of aryl methyl sites for hydroxylation is 1. The molecule has 0 saturated heterocycles. The zero-order valence-corrected chi connectivity index (χ0v) is 21.9. The molecule has 1 atom stereocenters.